The van der Waals surface area contributed by atoms with Gasteiger partial charge in [-0.3, -0.25) is 14.4 Å². The summed E-state index contributed by atoms with van der Waals surface area (Å²) >= 11 is 0. The molecule has 0 saturated carbocycles. The van der Waals surface area contributed by atoms with E-state index in [1.807, 2.05) is 34.2 Å². The van der Waals surface area contributed by atoms with Crippen molar-refractivity contribution >= 4 is 5.91 Å². The summed E-state index contributed by atoms with van der Waals surface area (Å²) in [6.45, 7) is 5.01. The molecule has 7 heteroatoms. The highest BCUT2D eigenvalue weighted by Gasteiger charge is 2.30. The van der Waals surface area contributed by atoms with Gasteiger partial charge in [0.25, 0.3) is 5.91 Å². The summed E-state index contributed by atoms with van der Waals surface area (Å²) in [7, 11) is 0. The molecule has 1 amide bonds. The van der Waals surface area contributed by atoms with E-state index < -0.39 is 0 Å². The smallest absolute Gasteiger partial charge is 0.274 e. The zero-order valence-corrected chi connectivity index (χ0v) is 15.8. The normalized spacial score (nSPS) is 19.7. The lowest BCUT2D eigenvalue weighted by Gasteiger charge is -2.27. The Labute approximate surface area is 164 Å². The molecule has 0 radical (unpaired) electrons. The van der Waals surface area contributed by atoms with E-state index in [0.717, 1.165) is 51.4 Å². The van der Waals surface area contributed by atoms with Crippen molar-refractivity contribution < 1.29 is 4.79 Å². The Hall–Kier alpha value is -2.93. The molecule has 0 N–H and O–H groups in total. The first kappa shape index (κ1) is 17.2. The third kappa shape index (κ3) is 3.33. The number of amides is 1. The zero-order chi connectivity index (χ0) is 18.9. The van der Waals surface area contributed by atoms with E-state index in [1.54, 1.807) is 6.20 Å². The number of imidazole rings is 1. The summed E-state index contributed by atoms with van der Waals surface area (Å²) in [4.78, 5) is 21.4. The van der Waals surface area contributed by atoms with E-state index in [0.29, 0.717) is 11.7 Å². The van der Waals surface area contributed by atoms with Crippen LogP contribution >= 0.6 is 0 Å². The zero-order valence-electron chi connectivity index (χ0n) is 15.8. The highest BCUT2D eigenvalue weighted by molar-refractivity contribution is 5.92. The van der Waals surface area contributed by atoms with Crippen molar-refractivity contribution in [1.29, 1.82) is 0 Å². The molecule has 5 rings (SSSR count). The van der Waals surface area contributed by atoms with Crippen molar-refractivity contribution in [2.75, 3.05) is 19.6 Å². The molecule has 1 atom stereocenters. The lowest BCUT2D eigenvalue weighted by atomic mass is 10.2. The molecule has 0 spiro atoms. The van der Waals surface area contributed by atoms with E-state index >= 15 is 0 Å². The Morgan fingerprint density at radius 3 is 2.86 bits per heavy atom. The van der Waals surface area contributed by atoms with Crippen LogP contribution in [0.15, 0.2) is 55.1 Å². The van der Waals surface area contributed by atoms with Gasteiger partial charge in [0.15, 0.2) is 5.69 Å². The first-order chi connectivity index (χ1) is 13.8. The number of carbonyl (C=O) groups is 1. The molecule has 28 heavy (non-hydrogen) atoms. The third-order valence-corrected chi connectivity index (χ3v) is 5.74. The minimum atomic E-state index is 0.0409. The van der Waals surface area contributed by atoms with Gasteiger partial charge < -0.3 is 9.47 Å². The number of carbonyl (C=O) groups excluding carboxylic acids is 1. The lowest BCUT2D eigenvalue weighted by molar-refractivity contribution is 0.0780. The van der Waals surface area contributed by atoms with Crippen LogP contribution in [0, 0.1) is 0 Å². The fraction of sp³-hybridized carbons (Fsp3) is 0.381. The maximum absolute atomic E-state index is 13.0. The first-order valence-electron chi connectivity index (χ1n) is 9.86. The van der Waals surface area contributed by atoms with Gasteiger partial charge in [-0.15, -0.1) is 0 Å². The summed E-state index contributed by atoms with van der Waals surface area (Å²) < 4.78 is 4.09. The van der Waals surface area contributed by atoms with Crippen LogP contribution in [-0.4, -0.2) is 54.7 Å². The number of fused-ring (bicyclic) bond motifs is 1. The van der Waals surface area contributed by atoms with E-state index in [2.05, 4.69) is 43.8 Å². The Kier molecular flexibility index (Phi) is 4.44. The number of hydrogen-bond acceptors (Lipinski definition) is 4. The Balaban J connectivity index is 1.25. The SMILES string of the molecule is O=C(c1cc2n(n1)CCN(Cc1ccccc1)C2)N1CCC(n2ccnc2)C1. The van der Waals surface area contributed by atoms with Crippen LogP contribution in [0.25, 0.3) is 0 Å². The van der Waals surface area contributed by atoms with Gasteiger partial charge in [-0.2, -0.15) is 5.10 Å². The van der Waals surface area contributed by atoms with Gasteiger partial charge >= 0.3 is 0 Å². The predicted octanol–water partition coefficient (Wildman–Crippen LogP) is 2.18. The summed E-state index contributed by atoms with van der Waals surface area (Å²) in [5, 5.41) is 4.60. The van der Waals surface area contributed by atoms with Crippen molar-refractivity contribution in [2.45, 2.75) is 32.1 Å². The predicted molar refractivity (Wildman–Crippen MR) is 105 cm³/mol. The number of hydrogen-bond donors (Lipinski definition) is 0. The van der Waals surface area contributed by atoms with Crippen LogP contribution in [0.1, 0.15) is 34.2 Å². The standard InChI is InChI=1S/C21H24N6O/c28-21(25-8-6-18(15-25)26-9-7-22-16-26)20-12-19-14-24(10-11-27(19)23-20)13-17-4-2-1-3-5-17/h1-5,7,9,12,16,18H,6,8,10-11,13-15H2. The van der Waals surface area contributed by atoms with Crippen molar-refractivity contribution in [1.82, 2.24) is 29.1 Å². The minimum Gasteiger partial charge on any atom is -0.335 e. The molecular formula is C21H24N6O. The molecule has 2 aliphatic heterocycles. The molecule has 7 nitrogen and oxygen atoms in total. The van der Waals surface area contributed by atoms with E-state index in [9.17, 15) is 4.79 Å². The van der Waals surface area contributed by atoms with Crippen LogP contribution in [0.5, 0.6) is 0 Å². The Bertz CT molecular complexity index is 949. The van der Waals surface area contributed by atoms with E-state index in [-0.39, 0.29) is 5.91 Å². The molecule has 1 aromatic carbocycles. The van der Waals surface area contributed by atoms with Gasteiger partial charge in [0.1, 0.15) is 0 Å². The van der Waals surface area contributed by atoms with Gasteiger partial charge in [0, 0.05) is 45.1 Å². The number of benzene rings is 1. The maximum atomic E-state index is 13.0. The van der Waals surface area contributed by atoms with Gasteiger partial charge in [0.05, 0.1) is 24.6 Å². The van der Waals surface area contributed by atoms with Crippen LogP contribution in [-0.2, 0) is 19.6 Å². The number of likely N-dealkylation sites (tertiary alicyclic amines) is 1. The molecule has 4 heterocycles. The van der Waals surface area contributed by atoms with Crippen molar-refractivity contribution in [3.8, 4) is 0 Å². The number of nitrogens with zero attached hydrogens (tertiary/aromatic N) is 6. The van der Waals surface area contributed by atoms with E-state index in [1.165, 1.54) is 5.56 Å². The average Bonchev–Trinajstić information content (AvgIpc) is 3.47. The summed E-state index contributed by atoms with van der Waals surface area (Å²) in [5.41, 5.74) is 3.01. The average molecular weight is 376 g/mol. The van der Waals surface area contributed by atoms with Crippen LogP contribution in [0.4, 0.5) is 0 Å². The molecule has 2 aliphatic rings. The lowest BCUT2D eigenvalue weighted by Crippen LogP contribution is -2.33. The molecule has 1 unspecified atom stereocenters. The molecule has 2 aromatic heterocycles. The van der Waals surface area contributed by atoms with Crippen LogP contribution < -0.4 is 0 Å². The molecule has 3 aromatic rings. The van der Waals surface area contributed by atoms with Crippen molar-refractivity contribution in [2.24, 2.45) is 0 Å². The minimum absolute atomic E-state index is 0.0409. The van der Waals surface area contributed by atoms with Crippen molar-refractivity contribution in [3.63, 3.8) is 0 Å². The van der Waals surface area contributed by atoms with Gasteiger partial charge in [-0.25, -0.2) is 4.98 Å². The maximum Gasteiger partial charge on any atom is 0.274 e. The fourth-order valence-electron chi connectivity index (χ4n) is 4.22. The Morgan fingerprint density at radius 1 is 1.14 bits per heavy atom. The Morgan fingerprint density at radius 2 is 2.04 bits per heavy atom. The number of rotatable bonds is 4. The highest BCUT2D eigenvalue weighted by atomic mass is 16.2. The summed E-state index contributed by atoms with van der Waals surface area (Å²) in [6.07, 6.45) is 6.54. The van der Waals surface area contributed by atoms with Crippen LogP contribution in [0.2, 0.25) is 0 Å². The van der Waals surface area contributed by atoms with Crippen LogP contribution in [0.3, 0.4) is 0 Å². The molecule has 0 bridgehead atoms. The second kappa shape index (κ2) is 7.24. The molecule has 1 fully saturated rings. The monoisotopic (exact) mass is 376 g/mol. The quantitative estimate of drug-likeness (QED) is 0.700. The topological polar surface area (TPSA) is 59.2 Å². The van der Waals surface area contributed by atoms with Gasteiger partial charge in [-0.05, 0) is 18.1 Å². The van der Waals surface area contributed by atoms with Gasteiger partial charge in [0.2, 0.25) is 0 Å². The second-order valence-electron chi connectivity index (χ2n) is 7.64. The summed E-state index contributed by atoms with van der Waals surface area (Å²) in [5.74, 6) is 0.0409. The largest absolute Gasteiger partial charge is 0.335 e. The summed E-state index contributed by atoms with van der Waals surface area (Å²) in [6, 6.07) is 12.8. The molecule has 0 aliphatic carbocycles. The molecular weight excluding hydrogens is 352 g/mol. The van der Waals surface area contributed by atoms with E-state index in [4.69, 9.17) is 0 Å². The molecule has 144 valence electrons. The molecule has 1 saturated heterocycles. The third-order valence-electron chi connectivity index (χ3n) is 5.74. The van der Waals surface area contributed by atoms with Crippen molar-refractivity contribution in [3.05, 3.63) is 72.1 Å². The van der Waals surface area contributed by atoms with Gasteiger partial charge in [-0.1, -0.05) is 30.3 Å². The second-order valence-corrected chi connectivity index (χ2v) is 7.64. The fourth-order valence-corrected chi connectivity index (χ4v) is 4.22. The first-order valence-corrected chi connectivity index (χ1v) is 9.86. The number of aromatic nitrogens is 4. The highest BCUT2D eigenvalue weighted by Crippen LogP contribution is 2.24.